The van der Waals surface area contributed by atoms with Gasteiger partial charge in [-0.05, 0) is 43.8 Å². The lowest BCUT2D eigenvalue weighted by molar-refractivity contribution is -0.00802. The van der Waals surface area contributed by atoms with E-state index in [1.807, 2.05) is 11.8 Å². The largest absolute Gasteiger partial charge is 0.389 e. The SMILES string of the molecule is CC1CCC(O)(CNC2CCSC2C)CC1. The maximum absolute atomic E-state index is 10.5. The van der Waals surface area contributed by atoms with E-state index in [0.717, 1.165) is 25.3 Å². The summed E-state index contributed by atoms with van der Waals surface area (Å²) >= 11 is 2.05. The third-order valence-electron chi connectivity index (χ3n) is 4.27. The van der Waals surface area contributed by atoms with E-state index in [9.17, 15) is 5.11 Å². The Kier molecular flexibility index (Phi) is 4.20. The van der Waals surface area contributed by atoms with Gasteiger partial charge in [0.2, 0.25) is 0 Å². The van der Waals surface area contributed by atoms with Crippen LogP contribution < -0.4 is 5.32 Å². The van der Waals surface area contributed by atoms with Gasteiger partial charge in [0.15, 0.2) is 0 Å². The van der Waals surface area contributed by atoms with Crippen molar-refractivity contribution in [3.8, 4) is 0 Å². The standard InChI is InChI=1S/C13H25NOS/c1-10-3-6-13(15,7-4-10)9-14-12-5-8-16-11(12)2/h10-12,14-15H,3-9H2,1-2H3. The molecule has 0 bridgehead atoms. The van der Waals surface area contributed by atoms with Gasteiger partial charge in [0, 0.05) is 17.8 Å². The van der Waals surface area contributed by atoms with Crippen LogP contribution in [0.2, 0.25) is 0 Å². The van der Waals surface area contributed by atoms with Crippen molar-refractivity contribution in [1.82, 2.24) is 5.32 Å². The molecule has 1 heterocycles. The van der Waals surface area contributed by atoms with Crippen LogP contribution in [0, 0.1) is 5.92 Å². The minimum atomic E-state index is -0.417. The van der Waals surface area contributed by atoms with Crippen LogP contribution in [0.5, 0.6) is 0 Å². The Balaban J connectivity index is 1.76. The predicted molar refractivity (Wildman–Crippen MR) is 70.9 cm³/mol. The molecule has 1 saturated carbocycles. The van der Waals surface area contributed by atoms with E-state index in [0.29, 0.717) is 11.3 Å². The summed E-state index contributed by atoms with van der Waals surface area (Å²) in [7, 11) is 0. The third-order valence-corrected chi connectivity index (χ3v) is 5.60. The summed E-state index contributed by atoms with van der Waals surface area (Å²) in [5, 5.41) is 14.8. The molecule has 1 saturated heterocycles. The van der Waals surface area contributed by atoms with Gasteiger partial charge >= 0.3 is 0 Å². The molecule has 0 radical (unpaired) electrons. The van der Waals surface area contributed by atoms with Crippen LogP contribution in [0.25, 0.3) is 0 Å². The van der Waals surface area contributed by atoms with E-state index in [2.05, 4.69) is 19.2 Å². The molecule has 94 valence electrons. The number of hydrogen-bond acceptors (Lipinski definition) is 3. The lowest BCUT2D eigenvalue weighted by Crippen LogP contribution is -2.47. The van der Waals surface area contributed by atoms with Crippen LogP contribution in [0.1, 0.15) is 46.0 Å². The summed E-state index contributed by atoms with van der Waals surface area (Å²) in [6.45, 7) is 5.39. The van der Waals surface area contributed by atoms with Crippen LogP contribution in [-0.2, 0) is 0 Å². The first kappa shape index (κ1) is 12.7. The normalized spacial score (nSPS) is 44.8. The fraction of sp³-hybridized carbons (Fsp3) is 1.00. The Morgan fingerprint density at radius 3 is 2.50 bits per heavy atom. The molecule has 0 spiro atoms. The van der Waals surface area contributed by atoms with Crippen LogP contribution >= 0.6 is 11.8 Å². The van der Waals surface area contributed by atoms with E-state index in [1.165, 1.54) is 25.0 Å². The van der Waals surface area contributed by atoms with E-state index < -0.39 is 5.60 Å². The van der Waals surface area contributed by atoms with Crippen molar-refractivity contribution < 1.29 is 5.11 Å². The van der Waals surface area contributed by atoms with E-state index in [-0.39, 0.29) is 0 Å². The van der Waals surface area contributed by atoms with Crippen molar-refractivity contribution >= 4 is 11.8 Å². The van der Waals surface area contributed by atoms with Gasteiger partial charge in [0.25, 0.3) is 0 Å². The van der Waals surface area contributed by atoms with Crippen LogP contribution in [0.15, 0.2) is 0 Å². The summed E-state index contributed by atoms with van der Waals surface area (Å²) < 4.78 is 0. The molecule has 0 amide bonds. The van der Waals surface area contributed by atoms with Crippen molar-refractivity contribution in [2.45, 2.75) is 62.8 Å². The molecule has 2 rings (SSSR count). The molecule has 16 heavy (non-hydrogen) atoms. The zero-order chi connectivity index (χ0) is 11.6. The minimum absolute atomic E-state index is 0.417. The third kappa shape index (κ3) is 3.14. The van der Waals surface area contributed by atoms with Crippen molar-refractivity contribution in [3.63, 3.8) is 0 Å². The molecule has 0 aromatic heterocycles. The lowest BCUT2D eigenvalue weighted by atomic mass is 9.79. The molecule has 1 aliphatic carbocycles. The lowest BCUT2D eigenvalue weighted by Gasteiger charge is -2.36. The highest BCUT2D eigenvalue weighted by Crippen LogP contribution is 2.32. The Labute approximate surface area is 104 Å². The van der Waals surface area contributed by atoms with Gasteiger partial charge in [-0.2, -0.15) is 11.8 Å². The van der Waals surface area contributed by atoms with Crippen molar-refractivity contribution in [2.75, 3.05) is 12.3 Å². The van der Waals surface area contributed by atoms with E-state index in [4.69, 9.17) is 0 Å². The van der Waals surface area contributed by atoms with Crippen LogP contribution in [-0.4, -0.2) is 34.3 Å². The van der Waals surface area contributed by atoms with E-state index >= 15 is 0 Å². The summed E-state index contributed by atoms with van der Waals surface area (Å²) in [6, 6.07) is 0.619. The topological polar surface area (TPSA) is 32.3 Å². The first-order valence-electron chi connectivity index (χ1n) is 6.66. The second-order valence-electron chi connectivity index (χ2n) is 5.76. The van der Waals surface area contributed by atoms with Gasteiger partial charge in [-0.1, -0.05) is 13.8 Å². The molecular weight excluding hydrogens is 218 g/mol. The van der Waals surface area contributed by atoms with Crippen molar-refractivity contribution in [3.05, 3.63) is 0 Å². The average Bonchev–Trinajstić information content (AvgIpc) is 2.67. The maximum atomic E-state index is 10.5. The molecule has 0 aromatic rings. The summed E-state index contributed by atoms with van der Waals surface area (Å²) in [4.78, 5) is 0. The second-order valence-corrected chi connectivity index (χ2v) is 7.24. The quantitative estimate of drug-likeness (QED) is 0.798. The van der Waals surface area contributed by atoms with Gasteiger partial charge in [-0.25, -0.2) is 0 Å². The molecule has 2 atom stereocenters. The first-order valence-corrected chi connectivity index (χ1v) is 7.71. The first-order chi connectivity index (χ1) is 7.59. The fourth-order valence-electron chi connectivity index (χ4n) is 2.80. The Morgan fingerprint density at radius 1 is 1.25 bits per heavy atom. The second kappa shape index (κ2) is 5.28. The zero-order valence-corrected chi connectivity index (χ0v) is 11.4. The summed E-state index contributed by atoms with van der Waals surface area (Å²) in [5.41, 5.74) is -0.417. The Hall–Kier alpha value is 0.270. The molecule has 0 aromatic carbocycles. The predicted octanol–water partition coefficient (Wildman–Crippen LogP) is 2.41. The Morgan fingerprint density at radius 2 is 1.94 bits per heavy atom. The molecular formula is C13H25NOS. The highest BCUT2D eigenvalue weighted by Gasteiger charge is 2.33. The molecule has 3 heteroatoms. The summed E-state index contributed by atoms with van der Waals surface area (Å²) in [6.07, 6.45) is 5.60. The van der Waals surface area contributed by atoms with Crippen LogP contribution in [0.3, 0.4) is 0 Å². The highest BCUT2D eigenvalue weighted by atomic mass is 32.2. The van der Waals surface area contributed by atoms with Gasteiger partial charge in [-0.15, -0.1) is 0 Å². The Bertz CT molecular complexity index is 226. The van der Waals surface area contributed by atoms with Crippen molar-refractivity contribution in [1.29, 1.82) is 0 Å². The van der Waals surface area contributed by atoms with E-state index in [1.54, 1.807) is 0 Å². The fourth-order valence-corrected chi connectivity index (χ4v) is 4.02. The van der Waals surface area contributed by atoms with Gasteiger partial charge in [0.05, 0.1) is 5.60 Å². The molecule has 2 nitrogen and oxygen atoms in total. The maximum Gasteiger partial charge on any atom is 0.0771 e. The van der Waals surface area contributed by atoms with Gasteiger partial charge < -0.3 is 10.4 Å². The minimum Gasteiger partial charge on any atom is -0.389 e. The van der Waals surface area contributed by atoms with Crippen molar-refractivity contribution in [2.24, 2.45) is 5.92 Å². The van der Waals surface area contributed by atoms with Gasteiger partial charge in [-0.3, -0.25) is 0 Å². The number of nitrogens with one attached hydrogen (secondary N) is 1. The molecule has 2 unspecified atom stereocenters. The zero-order valence-electron chi connectivity index (χ0n) is 10.5. The number of thioether (sulfide) groups is 1. The molecule has 2 aliphatic rings. The smallest absolute Gasteiger partial charge is 0.0771 e. The summed E-state index contributed by atoms with van der Waals surface area (Å²) in [5.74, 6) is 2.08. The number of hydrogen-bond donors (Lipinski definition) is 2. The number of aliphatic hydroxyl groups is 1. The molecule has 2 fully saturated rings. The van der Waals surface area contributed by atoms with Crippen LogP contribution in [0.4, 0.5) is 0 Å². The molecule has 1 aliphatic heterocycles. The number of rotatable bonds is 3. The monoisotopic (exact) mass is 243 g/mol. The van der Waals surface area contributed by atoms with Gasteiger partial charge in [0.1, 0.15) is 0 Å². The average molecular weight is 243 g/mol. The highest BCUT2D eigenvalue weighted by molar-refractivity contribution is 8.00. The molecule has 2 N–H and O–H groups in total.